The zero-order valence-corrected chi connectivity index (χ0v) is 12.6. The Bertz CT molecular complexity index is 476. The summed E-state index contributed by atoms with van der Waals surface area (Å²) in [5, 5.41) is 3.01. The number of nitrogens with two attached hydrogens (primary N) is 1. The molecule has 0 bridgehead atoms. The monoisotopic (exact) mass is 277 g/mol. The fraction of sp³-hybridized carbons (Fsp3) is 0.467. The lowest BCUT2D eigenvalue weighted by molar-refractivity contribution is -0.147. The predicted octanol–water partition coefficient (Wildman–Crippen LogP) is 2.37. The molecular weight excluding hydrogens is 254 g/mol. The molecule has 0 unspecified atom stereocenters. The molecule has 1 aromatic carbocycles. The van der Waals surface area contributed by atoms with E-state index in [2.05, 4.69) is 16.4 Å². The summed E-state index contributed by atoms with van der Waals surface area (Å²) >= 11 is 0. The van der Waals surface area contributed by atoms with Gasteiger partial charge in [0.25, 0.3) is 0 Å². The quantitative estimate of drug-likeness (QED) is 0.492. The molecule has 1 rings (SSSR count). The van der Waals surface area contributed by atoms with E-state index in [0.29, 0.717) is 12.5 Å². The van der Waals surface area contributed by atoms with Crippen molar-refractivity contribution in [2.75, 3.05) is 11.9 Å². The summed E-state index contributed by atoms with van der Waals surface area (Å²) in [5.41, 5.74) is 8.98. The molecule has 0 saturated heterocycles. The second-order valence-corrected chi connectivity index (χ2v) is 5.06. The fourth-order valence-electron chi connectivity index (χ4n) is 1.82. The van der Waals surface area contributed by atoms with Crippen molar-refractivity contribution in [2.45, 2.75) is 40.2 Å². The normalized spacial score (nSPS) is 11.6. The van der Waals surface area contributed by atoms with Gasteiger partial charge in [0.1, 0.15) is 0 Å². The average Bonchev–Trinajstić information content (AvgIpc) is 2.25. The van der Waals surface area contributed by atoms with Gasteiger partial charge in [-0.25, -0.2) is 0 Å². The number of nitrogens with zero attached hydrogens (tertiary/aromatic N) is 1. The van der Waals surface area contributed by atoms with Crippen LogP contribution in [0.5, 0.6) is 0 Å². The highest BCUT2D eigenvalue weighted by Gasteiger charge is 2.04. The van der Waals surface area contributed by atoms with Crippen LogP contribution in [-0.2, 0) is 9.53 Å². The number of carbonyl (C=O) groups is 1. The maximum atomic E-state index is 11.3. The lowest BCUT2D eigenvalue weighted by Crippen LogP contribution is -2.23. The Morgan fingerprint density at radius 3 is 2.45 bits per heavy atom. The molecule has 0 heterocycles. The van der Waals surface area contributed by atoms with Gasteiger partial charge in [0, 0.05) is 5.69 Å². The third-order valence-corrected chi connectivity index (χ3v) is 2.46. The lowest BCUT2D eigenvalue weighted by atomic mass is 10.1. The number of esters is 1. The average molecular weight is 277 g/mol. The zero-order valence-electron chi connectivity index (χ0n) is 12.6. The van der Waals surface area contributed by atoms with Crippen molar-refractivity contribution < 1.29 is 9.53 Å². The van der Waals surface area contributed by atoms with Gasteiger partial charge in [-0.15, -0.1) is 0 Å². The maximum absolute atomic E-state index is 11.3. The number of rotatable bonds is 5. The lowest BCUT2D eigenvalue weighted by Gasteiger charge is -2.08. The molecule has 5 nitrogen and oxygen atoms in total. The van der Waals surface area contributed by atoms with Crippen LogP contribution in [0.1, 0.15) is 31.4 Å². The summed E-state index contributed by atoms with van der Waals surface area (Å²) in [6.07, 6.45) is 0.130. The highest BCUT2D eigenvalue weighted by Crippen LogP contribution is 2.13. The van der Waals surface area contributed by atoms with E-state index in [1.165, 1.54) is 0 Å². The summed E-state index contributed by atoms with van der Waals surface area (Å²) in [7, 11) is 0. The summed E-state index contributed by atoms with van der Waals surface area (Å²) < 4.78 is 5.01. The zero-order chi connectivity index (χ0) is 15.1. The number of ether oxygens (including phenoxy) is 1. The van der Waals surface area contributed by atoms with Crippen LogP contribution >= 0.6 is 0 Å². The Morgan fingerprint density at radius 1 is 1.30 bits per heavy atom. The Kier molecular flexibility index (Phi) is 6.03. The summed E-state index contributed by atoms with van der Waals surface area (Å²) in [6, 6.07) is 6.06. The van der Waals surface area contributed by atoms with Gasteiger partial charge in [0.05, 0.1) is 19.1 Å². The number of anilines is 1. The van der Waals surface area contributed by atoms with Gasteiger partial charge in [0.15, 0.2) is 5.96 Å². The minimum atomic E-state index is -0.261. The summed E-state index contributed by atoms with van der Waals surface area (Å²) in [4.78, 5) is 15.4. The second-order valence-electron chi connectivity index (χ2n) is 5.06. The van der Waals surface area contributed by atoms with Crippen molar-refractivity contribution >= 4 is 17.6 Å². The molecule has 3 N–H and O–H groups in total. The first-order valence-electron chi connectivity index (χ1n) is 6.71. The van der Waals surface area contributed by atoms with Gasteiger partial charge in [-0.2, -0.15) is 0 Å². The summed E-state index contributed by atoms with van der Waals surface area (Å²) in [6.45, 7) is 7.99. The van der Waals surface area contributed by atoms with Crippen LogP contribution < -0.4 is 11.1 Å². The molecule has 110 valence electrons. The molecular formula is C15H23N3O2. The molecule has 0 atom stereocenters. The first-order valence-corrected chi connectivity index (χ1v) is 6.71. The Morgan fingerprint density at radius 2 is 1.90 bits per heavy atom. The van der Waals surface area contributed by atoms with E-state index in [-0.39, 0.29) is 18.5 Å². The number of benzene rings is 1. The molecule has 0 spiro atoms. The minimum Gasteiger partial charge on any atom is -0.463 e. The molecule has 0 aliphatic heterocycles. The Labute approximate surface area is 120 Å². The van der Waals surface area contributed by atoms with Crippen LogP contribution in [0.2, 0.25) is 0 Å². The number of nitrogens with one attached hydrogen (secondary N) is 1. The third kappa shape index (κ3) is 6.22. The maximum Gasteiger partial charge on any atom is 0.307 e. The molecule has 0 aliphatic rings. The smallest absolute Gasteiger partial charge is 0.307 e. The van der Waals surface area contributed by atoms with Gasteiger partial charge in [-0.1, -0.05) is 6.07 Å². The second kappa shape index (κ2) is 7.53. The van der Waals surface area contributed by atoms with Gasteiger partial charge >= 0.3 is 5.97 Å². The van der Waals surface area contributed by atoms with Crippen LogP contribution in [0.4, 0.5) is 5.69 Å². The number of aliphatic imine (C=N–C) groups is 1. The number of carbonyl (C=O) groups excluding carboxylic acids is 1. The van der Waals surface area contributed by atoms with E-state index >= 15 is 0 Å². The van der Waals surface area contributed by atoms with Crippen molar-refractivity contribution in [3.63, 3.8) is 0 Å². The van der Waals surface area contributed by atoms with E-state index in [9.17, 15) is 4.79 Å². The van der Waals surface area contributed by atoms with Crippen molar-refractivity contribution in [1.29, 1.82) is 0 Å². The third-order valence-electron chi connectivity index (χ3n) is 2.46. The SMILES string of the molecule is Cc1cc(C)cc(NC(N)=NCCC(=O)OC(C)C)c1. The molecule has 0 aromatic heterocycles. The first-order chi connectivity index (χ1) is 9.36. The molecule has 0 fully saturated rings. The topological polar surface area (TPSA) is 76.7 Å². The van der Waals surface area contributed by atoms with E-state index < -0.39 is 0 Å². The Hall–Kier alpha value is -2.04. The predicted molar refractivity (Wildman–Crippen MR) is 81.9 cm³/mol. The molecule has 0 saturated carbocycles. The molecule has 20 heavy (non-hydrogen) atoms. The van der Waals surface area contributed by atoms with Crippen molar-refractivity contribution in [2.24, 2.45) is 10.7 Å². The van der Waals surface area contributed by atoms with E-state index in [1.807, 2.05) is 39.8 Å². The Balaban J connectivity index is 2.47. The molecule has 1 aromatic rings. The standard InChI is InChI=1S/C15H23N3O2/c1-10(2)20-14(19)5-6-17-15(16)18-13-8-11(3)7-12(4)9-13/h7-10H,5-6H2,1-4H3,(H3,16,17,18). The van der Waals surface area contributed by atoms with Crippen molar-refractivity contribution in [3.8, 4) is 0 Å². The molecule has 0 radical (unpaired) electrons. The number of hydrogen-bond acceptors (Lipinski definition) is 3. The van der Waals surface area contributed by atoms with Gasteiger partial charge in [-0.3, -0.25) is 9.79 Å². The van der Waals surface area contributed by atoms with E-state index in [4.69, 9.17) is 10.5 Å². The minimum absolute atomic E-state index is 0.0998. The summed E-state index contributed by atoms with van der Waals surface area (Å²) in [5.74, 6) is 0.0373. The van der Waals surface area contributed by atoms with Crippen LogP contribution in [0.3, 0.4) is 0 Å². The number of guanidine groups is 1. The van der Waals surface area contributed by atoms with Crippen LogP contribution in [-0.4, -0.2) is 24.6 Å². The number of hydrogen-bond donors (Lipinski definition) is 2. The molecule has 0 amide bonds. The highest BCUT2D eigenvalue weighted by molar-refractivity contribution is 5.92. The van der Waals surface area contributed by atoms with Gasteiger partial charge < -0.3 is 15.8 Å². The first kappa shape index (κ1) is 16.0. The van der Waals surface area contributed by atoms with Crippen molar-refractivity contribution in [3.05, 3.63) is 29.3 Å². The van der Waals surface area contributed by atoms with Gasteiger partial charge in [0.2, 0.25) is 0 Å². The van der Waals surface area contributed by atoms with E-state index in [0.717, 1.165) is 16.8 Å². The molecule has 0 aliphatic carbocycles. The van der Waals surface area contributed by atoms with Gasteiger partial charge in [-0.05, 0) is 51.0 Å². The number of aryl methyl sites for hydroxylation is 2. The fourth-order valence-corrected chi connectivity index (χ4v) is 1.82. The van der Waals surface area contributed by atoms with Crippen molar-refractivity contribution in [1.82, 2.24) is 0 Å². The molecule has 5 heteroatoms. The van der Waals surface area contributed by atoms with Crippen LogP contribution in [0.15, 0.2) is 23.2 Å². The van der Waals surface area contributed by atoms with E-state index in [1.54, 1.807) is 0 Å². The largest absolute Gasteiger partial charge is 0.463 e. The van der Waals surface area contributed by atoms with Crippen LogP contribution in [0, 0.1) is 13.8 Å². The van der Waals surface area contributed by atoms with Crippen LogP contribution in [0.25, 0.3) is 0 Å². The highest BCUT2D eigenvalue weighted by atomic mass is 16.5.